The third kappa shape index (κ3) is 2.81. The summed E-state index contributed by atoms with van der Waals surface area (Å²) in [6, 6.07) is 9.39. The van der Waals surface area contributed by atoms with Crippen LogP contribution in [0.2, 0.25) is 0 Å². The van der Waals surface area contributed by atoms with Crippen molar-refractivity contribution >= 4 is 27.4 Å². The fourth-order valence-corrected chi connectivity index (χ4v) is 2.86. The number of nitrogens with one attached hydrogen (secondary N) is 1. The van der Waals surface area contributed by atoms with E-state index in [1.807, 2.05) is 42.8 Å². The molecule has 0 aliphatic heterocycles. The third-order valence-corrected chi connectivity index (χ3v) is 3.91. The molecule has 6 heteroatoms. The van der Waals surface area contributed by atoms with Gasteiger partial charge in [-0.2, -0.15) is 0 Å². The summed E-state index contributed by atoms with van der Waals surface area (Å²) in [5, 5.41) is 15.4. The predicted molar refractivity (Wildman–Crippen MR) is 83.7 cm³/mol. The Morgan fingerprint density at radius 1 is 1.24 bits per heavy atom. The molecule has 108 valence electrons. The number of nitrogens with zero attached hydrogens (tertiary/aromatic N) is 2. The molecular formula is C15H15N3O2S. The molecular weight excluding hydrogens is 286 g/mol. The van der Waals surface area contributed by atoms with E-state index in [1.165, 1.54) is 0 Å². The van der Waals surface area contributed by atoms with E-state index in [9.17, 15) is 5.11 Å². The maximum Gasteiger partial charge on any atom is 0.169 e. The minimum absolute atomic E-state index is 0.0528. The molecule has 1 aromatic carbocycles. The highest BCUT2D eigenvalue weighted by molar-refractivity contribution is 7.16. The number of ether oxygens (including phenoxy) is 1. The maximum atomic E-state index is 9.29. The quantitative estimate of drug-likeness (QED) is 0.758. The fraction of sp³-hybridized carbons (Fsp3) is 0.200. The Hall–Kier alpha value is -2.18. The Kier molecular flexibility index (Phi) is 3.98. The highest BCUT2D eigenvalue weighted by atomic mass is 32.1. The van der Waals surface area contributed by atoms with Gasteiger partial charge in [-0.15, -0.1) is 11.3 Å². The molecule has 0 aliphatic rings. The number of aromatic nitrogens is 2. The van der Waals surface area contributed by atoms with Gasteiger partial charge in [-0.25, -0.2) is 9.97 Å². The lowest BCUT2D eigenvalue weighted by Gasteiger charge is -2.10. The van der Waals surface area contributed by atoms with Crippen molar-refractivity contribution in [2.75, 3.05) is 12.4 Å². The second kappa shape index (κ2) is 6.07. The Labute approximate surface area is 126 Å². The molecule has 0 aliphatic carbocycles. The molecule has 3 rings (SSSR count). The zero-order valence-electron chi connectivity index (χ0n) is 11.5. The molecule has 0 saturated carbocycles. The first-order valence-electron chi connectivity index (χ1n) is 6.55. The van der Waals surface area contributed by atoms with Crippen LogP contribution in [0.3, 0.4) is 0 Å². The number of hydrogen-bond acceptors (Lipinski definition) is 6. The van der Waals surface area contributed by atoms with Gasteiger partial charge in [-0.3, -0.25) is 0 Å². The molecule has 2 aromatic heterocycles. The first-order chi connectivity index (χ1) is 10.3. The zero-order chi connectivity index (χ0) is 14.7. The number of rotatable bonds is 5. The van der Waals surface area contributed by atoms with Crippen molar-refractivity contribution in [1.29, 1.82) is 0 Å². The van der Waals surface area contributed by atoms with Gasteiger partial charge in [0.25, 0.3) is 0 Å². The van der Waals surface area contributed by atoms with E-state index >= 15 is 0 Å². The molecule has 0 unspecified atom stereocenters. The number of aliphatic hydroxyl groups is 1. The highest BCUT2D eigenvalue weighted by Crippen LogP contribution is 2.25. The molecule has 0 radical (unpaired) electrons. The van der Waals surface area contributed by atoms with Crippen LogP contribution in [-0.2, 0) is 13.2 Å². The van der Waals surface area contributed by atoms with Crippen LogP contribution < -0.4 is 10.1 Å². The predicted octanol–water partition coefficient (Wildman–Crippen LogP) is 2.80. The van der Waals surface area contributed by atoms with Gasteiger partial charge >= 0.3 is 0 Å². The van der Waals surface area contributed by atoms with Crippen molar-refractivity contribution in [2.45, 2.75) is 13.2 Å². The van der Waals surface area contributed by atoms with Gasteiger partial charge in [0, 0.05) is 12.6 Å². The van der Waals surface area contributed by atoms with Crippen LogP contribution in [0, 0.1) is 0 Å². The average Bonchev–Trinajstić information content (AvgIpc) is 3.00. The minimum atomic E-state index is -0.0528. The summed E-state index contributed by atoms with van der Waals surface area (Å²) < 4.78 is 5.73. The van der Waals surface area contributed by atoms with E-state index in [-0.39, 0.29) is 13.2 Å². The van der Waals surface area contributed by atoms with Crippen molar-refractivity contribution in [2.24, 2.45) is 0 Å². The summed E-state index contributed by atoms with van der Waals surface area (Å²) in [4.78, 5) is 9.89. The number of para-hydroxylation sites is 1. The molecule has 2 heterocycles. The van der Waals surface area contributed by atoms with Gasteiger partial charge in [-0.1, -0.05) is 18.2 Å². The minimum Gasteiger partial charge on any atom is -0.485 e. The summed E-state index contributed by atoms with van der Waals surface area (Å²) in [7, 11) is 1.84. The standard InChI is InChI=1S/C15H15N3O2S/c1-16-14-11-6-7-21-15(11)18-13(17-14)9-20-12-5-3-2-4-10(12)8-19/h2-7,19H,8-9H2,1H3,(H,16,17,18). The fourth-order valence-electron chi connectivity index (χ4n) is 2.07. The summed E-state index contributed by atoms with van der Waals surface area (Å²) >= 11 is 1.57. The number of fused-ring (bicyclic) bond motifs is 1. The summed E-state index contributed by atoms with van der Waals surface area (Å²) in [6.07, 6.45) is 0. The van der Waals surface area contributed by atoms with E-state index in [4.69, 9.17) is 4.74 Å². The summed E-state index contributed by atoms with van der Waals surface area (Å²) in [5.74, 6) is 2.07. The molecule has 5 nitrogen and oxygen atoms in total. The monoisotopic (exact) mass is 301 g/mol. The molecule has 0 amide bonds. The van der Waals surface area contributed by atoms with Crippen molar-refractivity contribution in [1.82, 2.24) is 9.97 Å². The van der Waals surface area contributed by atoms with Crippen LogP contribution >= 0.6 is 11.3 Å². The zero-order valence-corrected chi connectivity index (χ0v) is 12.4. The lowest BCUT2D eigenvalue weighted by molar-refractivity contribution is 0.256. The van der Waals surface area contributed by atoms with Gasteiger partial charge in [0.05, 0.1) is 12.0 Å². The van der Waals surface area contributed by atoms with Crippen LogP contribution in [0.15, 0.2) is 35.7 Å². The molecule has 0 bridgehead atoms. The van der Waals surface area contributed by atoms with Gasteiger partial charge in [0.2, 0.25) is 0 Å². The third-order valence-electron chi connectivity index (χ3n) is 3.11. The van der Waals surface area contributed by atoms with Gasteiger partial charge in [-0.05, 0) is 17.5 Å². The molecule has 0 spiro atoms. The van der Waals surface area contributed by atoms with Crippen LogP contribution in [-0.4, -0.2) is 22.1 Å². The second-order valence-electron chi connectivity index (χ2n) is 4.43. The Balaban J connectivity index is 1.85. The average molecular weight is 301 g/mol. The summed E-state index contributed by atoms with van der Waals surface area (Å²) in [6.45, 7) is 0.211. The molecule has 0 atom stereocenters. The van der Waals surface area contributed by atoms with E-state index in [0.717, 1.165) is 21.6 Å². The normalized spacial score (nSPS) is 10.8. The number of aliphatic hydroxyl groups excluding tert-OH is 1. The molecule has 21 heavy (non-hydrogen) atoms. The highest BCUT2D eigenvalue weighted by Gasteiger charge is 2.09. The maximum absolute atomic E-state index is 9.29. The summed E-state index contributed by atoms with van der Waals surface area (Å²) in [5.41, 5.74) is 0.753. The Morgan fingerprint density at radius 2 is 2.10 bits per heavy atom. The van der Waals surface area contributed by atoms with E-state index < -0.39 is 0 Å². The van der Waals surface area contributed by atoms with Crippen LogP contribution in [0.1, 0.15) is 11.4 Å². The first kappa shape index (κ1) is 13.8. The number of anilines is 1. The molecule has 0 fully saturated rings. The SMILES string of the molecule is CNc1nc(COc2ccccc2CO)nc2sccc12. The first-order valence-corrected chi connectivity index (χ1v) is 7.43. The van der Waals surface area contributed by atoms with Gasteiger partial charge < -0.3 is 15.2 Å². The number of hydrogen-bond donors (Lipinski definition) is 2. The number of benzene rings is 1. The Bertz CT molecular complexity index is 758. The molecule has 0 saturated heterocycles. The van der Waals surface area contributed by atoms with E-state index in [1.54, 1.807) is 11.3 Å². The van der Waals surface area contributed by atoms with Crippen LogP contribution in [0.25, 0.3) is 10.2 Å². The van der Waals surface area contributed by atoms with Crippen LogP contribution in [0.4, 0.5) is 5.82 Å². The number of thiophene rings is 1. The van der Waals surface area contributed by atoms with Crippen LogP contribution in [0.5, 0.6) is 5.75 Å². The van der Waals surface area contributed by atoms with E-state index in [0.29, 0.717) is 11.6 Å². The largest absolute Gasteiger partial charge is 0.485 e. The molecule has 2 N–H and O–H groups in total. The van der Waals surface area contributed by atoms with Crippen molar-refractivity contribution in [3.05, 3.63) is 47.1 Å². The van der Waals surface area contributed by atoms with Gasteiger partial charge in [0.1, 0.15) is 23.0 Å². The topological polar surface area (TPSA) is 67.3 Å². The molecule has 3 aromatic rings. The van der Waals surface area contributed by atoms with Gasteiger partial charge in [0.15, 0.2) is 5.82 Å². The lowest BCUT2D eigenvalue weighted by Crippen LogP contribution is -2.05. The Morgan fingerprint density at radius 3 is 2.90 bits per heavy atom. The second-order valence-corrected chi connectivity index (χ2v) is 5.33. The lowest BCUT2D eigenvalue weighted by atomic mass is 10.2. The van der Waals surface area contributed by atoms with E-state index in [2.05, 4.69) is 15.3 Å². The smallest absolute Gasteiger partial charge is 0.169 e. The van der Waals surface area contributed by atoms with Crippen molar-refractivity contribution in [3.63, 3.8) is 0 Å². The van der Waals surface area contributed by atoms with Crippen molar-refractivity contribution in [3.8, 4) is 5.75 Å². The van der Waals surface area contributed by atoms with Crippen molar-refractivity contribution < 1.29 is 9.84 Å².